The summed E-state index contributed by atoms with van der Waals surface area (Å²) in [6, 6.07) is 81.0. The molecule has 290 valence electrons. The number of hydrogen-bond acceptors (Lipinski definition) is 3. The van der Waals surface area contributed by atoms with Crippen LogP contribution in [0.5, 0.6) is 0 Å². The molecule has 1 aliphatic rings. The third kappa shape index (κ3) is 4.88. The van der Waals surface area contributed by atoms with Crippen LogP contribution in [0.2, 0.25) is 0 Å². The molecule has 12 aromatic rings. The second-order valence-corrected chi connectivity index (χ2v) is 16.3. The molecule has 0 atom stereocenters. The van der Waals surface area contributed by atoms with E-state index >= 15 is 0 Å². The van der Waals surface area contributed by atoms with Crippen molar-refractivity contribution in [1.29, 1.82) is 0 Å². The highest BCUT2D eigenvalue weighted by molar-refractivity contribution is 6.28. The maximum Gasteiger partial charge on any atom is 0.160 e. The van der Waals surface area contributed by atoms with E-state index in [9.17, 15) is 0 Å². The molecule has 0 radical (unpaired) electrons. The van der Waals surface area contributed by atoms with E-state index in [1.807, 2.05) is 18.2 Å². The first-order valence-corrected chi connectivity index (χ1v) is 21.3. The van der Waals surface area contributed by atoms with E-state index in [4.69, 9.17) is 8.83 Å². The van der Waals surface area contributed by atoms with Crippen LogP contribution < -0.4 is 4.90 Å². The van der Waals surface area contributed by atoms with Crippen molar-refractivity contribution in [2.75, 3.05) is 4.90 Å². The molecule has 0 amide bonds. The lowest BCUT2D eigenvalue weighted by atomic mass is 9.67. The van der Waals surface area contributed by atoms with Crippen molar-refractivity contribution in [3.05, 3.63) is 247 Å². The predicted octanol–water partition coefficient (Wildman–Crippen LogP) is 16.1. The molecule has 0 aliphatic heterocycles. The molecule has 0 N–H and O–H groups in total. The maximum atomic E-state index is 7.25. The minimum atomic E-state index is -0.565. The minimum Gasteiger partial charge on any atom is -0.456 e. The van der Waals surface area contributed by atoms with Gasteiger partial charge in [-0.05, 0) is 98.2 Å². The van der Waals surface area contributed by atoms with Crippen molar-refractivity contribution in [3.63, 3.8) is 0 Å². The summed E-state index contributed by atoms with van der Waals surface area (Å²) >= 11 is 0. The molecule has 0 unspecified atom stereocenters. The predicted molar refractivity (Wildman–Crippen MR) is 256 cm³/mol. The van der Waals surface area contributed by atoms with Crippen LogP contribution >= 0.6 is 0 Å². The average molecular weight is 792 g/mol. The first-order valence-electron chi connectivity index (χ1n) is 21.3. The molecule has 0 fully saturated rings. The standard InChI is InChI=1S/C59H37NO2/c1-4-19-39(20-5-1)59(40-21-6-2-7-22-40)50-29-14-12-26-45(50)46-32-31-42(37-51(46)59)60(41-23-8-3-9-24-41)57-47(44-28-16-18-38-17-10-11-25-43(38)44)33-34-49-56-54(62-58(49)57)36-35-53-55(56)48-27-13-15-30-52(48)61-53/h1-37H. The van der Waals surface area contributed by atoms with E-state index in [-0.39, 0.29) is 0 Å². The molecular formula is C59H37NO2. The van der Waals surface area contributed by atoms with Gasteiger partial charge in [0.2, 0.25) is 0 Å². The summed E-state index contributed by atoms with van der Waals surface area (Å²) in [6.45, 7) is 0. The van der Waals surface area contributed by atoms with Crippen molar-refractivity contribution >= 4 is 71.7 Å². The average Bonchev–Trinajstić information content (AvgIpc) is 4.01. The minimum absolute atomic E-state index is 0.565. The number of nitrogens with zero attached hydrogens (tertiary/aromatic N) is 1. The number of para-hydroxylation sites is 2. The van der Waals surface area contributed by atoms with Gasteiger partial charge in [0.1, 0.15) is 16.7 Å². The van der Waals surface area contributed by atoms with Gasteiger partial charge in [-0.2, -0.15) is 0 Å². The zero-order valence-corrected chi connectivity index (χ0v) is 33.6. The molecule has 0 spiro atoms. The van der Waals surface area contributed by atoms with Crippen molar-refractivity contribution in [2.45, 2.75) is 5.41 Å². The monoisotopic (exact) mass is 791 g/mol. The number of hydrogen-bond donors (Lipinski definition) is 0. The summed E-state index contributed by atoms with van der Waals surface area (Å²) in [4.78, 5) is 2.43. The third-order valence-electron chi connectivity index (χ3n) is 13.1. The van der Waals surface area contributed by atoms with Crippen LogP contribution in [0.25, 0.3) is 76.9 Å². The second kappa shape index (κ2) is 13.4. The van der Waals surface area contributed by atoms with E-state index in [1.54, 1.807) is 0 Å². The lowest BCUT2D eigenvalue weighted by Crippen LogP contribution is -2.28. The summed E-state index contributed by atoms with van der Waals surface area (Å²) in [6.07, 6.45) is 0. The first-order chi connectivity index (χ1) is 30.8. The van der Waals surface area contributed by atoms with Gasteiger partial charge in [-0.3, -0.25) is 0 Å². The van der Waals surface area contributed by atoms with Crippen LogP contribution in [0.1, 0.15) is 22.3 Å². The first kappa shape index (κ1) is 34.7. The Hall–Kier alpha value is -8.14. The van der Waals surface area contributed by atoms with E-state index < -0.39 is 5.41 Å². The zero-order chi connectivity index (χ0) is 40.8. The van der Waals surface area contributed by atoms with Gasteiger partial charge in [0.25, 0.3) is 0 Å². The van der Waals surface area contributed by atoms with E-state index in [1.165, 1.54) is 44.2 Å². The molecule has 1 aliphatic carbocycles. The number of anilines is 3. The molecule has 0 bridgehead atoms. The van der Waals surface area contributed by atoms with Crippen LogP contribution in [0.4, 0.5) is 17.1 Å². The molecule has 0 saturated carbocycles. The SMILES string of the molecule is c1ccc(N(c2ccc3c(c2)C(c2ccccc2)(c2ccccc2)c2ccccc2-3)c2c(-c3cccc4ccccc34)ccc3c2oc2ccc4oc5ccccc5c4c23)cc1. The number of furan rings is 2. The van der Waals surface area contributed by atoms with E-state index in [2.05, 4.69) is 211 Å². The molecule has 10 aromatic carbocycles. The third-order valence-corrected chi connectivity index (χ3v) is 13.1. The lowest BCUT2D eigenvalue weighted by Gasteiger charge is -2.35. The van der Waals surface area contributed by atoms with Gasteiger partial charge in [0.15, 0.2) is 5.58 Å². The summed E-state index contributed by atoms with van der Waals surface area (Å²) in [5.41, 5.74) is 15.5. The smallest absolute Gasteiger partial charge is 0.160 e. The molecule has 13 rings (SSSR count). The van der Waals surface area contributed by atoms with Gasteiger partial charge in [-0.25, -0.2) is 0 Å². The zero-order valence-electron chi connectivity index (χ0n) is 33.6. The molecular weight excluding hydrogens is 755 g/mol. The Morgan fingerprint density at radius 1 is 0.339 bits per heavy atom. The highest BCUT2D eigenvalue weighted by Crippen LogP contribution is 2.58. The lowest BCUT2D eigenvalue weighted by molar-refractivity contribution is 0.663. The Morgan fingerprint density at radius 2 is 0.919 bits per heavy atom. The summed E-state index contributed by atoms with van der Waals surface area (Å²) < 4.78 is 13.7. The number of benzene rings is 10. The van der Waals surface area contributed by atoms with E-state index in [0.29, 0.717) is 0 Å². The largest absolute Gasteiger partial charge is 0.456 e. The Balaban J connectivity index is 1.17. The van der Waals surface area contributed by atoms with Crippen molar-refractivity contribution in [1.82, 2.24) is 0 Å². The summed E-state index contributed by atoms with van der Waals surface area (Å²) in [7, 11) is 0. The molecule has 62 heavy (non-hydrogen) atoms. The summed E-state index contributed by atoms with van der Waals surface area (Å²) in [5.74, 6) is 0. The van der Waals surface area contributed by atoms with Crippen LogP contribution in [0, 0.1) is 0 Å². The molecule has 2 heterocycles. The second-order valence-electron chi connectivity index (χ2n) is 16.3. The van der Waals surface area contributed by atoms with Gasteiger partial charge < -0.3 is 13.7 Å². The van der Waals surface area contributed by atoms with Crippen LogP contribution in [0.3, 0.4) is 0 Å². The quantitative estimate of drug-likeness (QED) is 0.168. The van der Waals surface area contributed by atoms with Crippen molar-refractivity contribution in [2.24, 2.45) is 0 Å². The highest BCUT2D eigenvalue weighted by Gasteiger charge is 2.46. The van der Waals surface area contributed by atoms with Gasteiger partial charge >= 0.3 is 0 Å². The number of fused-ring (bicyclic) bond motifs is 11. The molecule has 3 heteroatoms. The van der Waals surface area contributed by atoms with Crippen LogP contribution in [-0.2, 0) is 5.41 Å². The Morgan fingerprint density at radius 3 is 1.71 bits per heavy atom. The fraction of sp³-hybridized carbons (Fsp3) is 0.0169. The van der Waals surface area contributed by atoms with Gasteiger partial charge in [-0.1, -0.05) is 176 Å². The van der Waals surface area contributed by atoms with Gasteiger partial charge in [0.05, 0.1) is 11.1 Å². The Kier molecular flexibility index (Phi) is 7.52. The Labute approximate surface area is 358 Å². The Bertz CT molecular complexity index is 3650. The normalized spacial score (nSPS) is 13.0. The fourth-order valence-electron chi connectivity index (χ4n) is 10.6. The van der Waals surface area contributed by atoms with Crippen LogP contribution in [0.15, 0.2) is 233 Å². The maximum absolute atomic E-state index is 7.25. The van der Waals surface area contributed by atoms with Gasteiger partial charge in [0, 0.05) is 38.5 Å². The number of rotatable bonds is 6. The molecule has 0 saturated heterocycles. The molecule has 2 aromatic heterocycles. The topological polar surface area (TPSA) is 29.5 Å². The summed E-state index contributed by atoms with van der Waals surface area (Å²) in [5, 5.41) is 6.60. The highest BCUT2D eigenvalue weighted by atomic mass is 16.3. The van der Waals surface area contributed by atoms with Crippen LogP contribution in [-0.4, -0.2) is 0 Å². The van der Waals surface area contributed by atoms with Crippen molar-refractivity contribution < 1.29 is 8.83 Å². The van der Waals surface area contributed by atoms with E-state index in [0.717, 1.165) is 72.1 Å². The fourth-order valence-corrected chi connectivity index (χ4v) is 10.6. The van der Waals surface area contributed by atoms with Crippen molar-refractivity contribution in [3.8, 4) is 22.3 Å². The van der Waals surface area contributed by atoms with Gasteiger partial charge in [-0.15, -0.1) is 0 Å². The molecule has 3 nitrogen and oxygen atoms in total.